The largest absolute Gasteiger partial charge is 0.395 e. The Morgan fingerprint density at radius 3 is 2.31 bits per heavy atom. The lowest BCUT2D eigenvalue weighted by molar-refractivity contribution is -0.179. The van der Waals surface area contributed by atoms with E-state index in [1.165, 1.54) is 0 Å². The van der Waals surface area contributed by atoms with Crippen LogP contribution in [0.3, 0.4) is 0 Å². The SMILES string of the molecule is CN(CCO)C(=O)C(F)(F)C(F)F. The zero-order valence-electron chi connectivity index (χ0n) is 6.81. The van der Waals surface area contributed by atoms with Crippen LogP contribution < -0.4 is 0 Å². The van der Waals surface area contributed by atoms with Crippen LogP contribution >= 0.6 is 0 Å². The van der Waals surface area contributed by atoms with Gasteiger partial charge in [0.15, 0.2) is 0 Å². The van der Waals surface area contributed by atoms with Crippen molar-refractivity contribution in [2.45, 2.75) is 12.3 Å². The van der Waals surface area contributed by atoms with Gasteiger partial charge in [-0.25, -0.2) is 8.78 Å². The third-order valence-electron chi connectivity index (χ3n) is 1.34. The Morgan fingerprint density at radius 1 is 1.54 bits per heavy atom. The molecule has 0 aliphatic carbocycles. The molecule has 0 atom stereocenters. The number of hydrogen-bond donors (Lipinski definition) is 1. The van der Waals surface area contributed by atoms with E-state index in [9.17, 15) is 22.4 Å². The summed E-state index contributed by atoms with van der Waals surface area (Å²) in [4.78, 5) is 10.9. The molecular formula is C6H9F4NO2. The van der Waals surface area contributed by atoms with Crippen molar-refractivity contribution >= 4 is 5.91 Å². The van der Waals surface area contributed by atoms with E-state index in [2.05, 4.69) is 0 Å². The van der Waals surface area contributed by atoms with E-state index in [0.29, 0.717) is 4.90 Å². The van der Waals surface area contributed by atoms with Gasteiger partial charge in [-0.1, -0.05) is 0 Å². The molecule has 0 aromatic heterocycles. The normalized spacial score (nSPS) is 11.9. The van der Waals surface area contributed by atoms with Crippen molar-refractivity contribution in [3.8, 4) is 0 Å². The lowest BCUT2D eigenvalue weighted by Gasteiger charge is -2.21. The van der Waals surface area contributed by atoms with E-state index in [1.807, 2.05) is 0 Å². The van der Waals surface area contributed by atoms with Gasteiger partial charge in [0.2, 0.25) is 0 Å². The molecule has 0 unspecified atom stereocenters. The number of amides is 1. The highest BCUT2D eigenvalue weighted by atomic mass is 19.3. The third kappa shape index (κ3) is 2.83. The minimum absolute atomic E-state index is 0.353. The summed E-state index contributed by atoms with van der Waals surface area (Å²) in [5.41, 5.74) is 0. The highest BCUT2D eigenvalue weighted by molar-refractivity contribution is 5.83. The topological polar surface area (TPSA) is 40.5 Å². The predicted octanol–water partition coefficient (Wildman–Crippen LogP) is 0.337. The molecule has 3 nitrogen and oxygen atoms in total. The highest BCUT2D eigenvalue weighted by Crippen LogP contribution is 2.24. The Kier molecular flexibility index (Phi) is 4.12. The molecule has 13 heavy (non-hydrogen) atoms. The van der Waals surface area contributed by atoms with Gasteiger partial charge in [-0.05, 0) is 0 Å². The van der Waals surface area contributed by atoms with Crippen molar-refractivity contribution in [1.82, 2.24) is 4.90 Å². The van der Waals surface area contributed by atoms with Crippen LogP contribution in [0.5, 0.6) is 0 Å². The van der Waals surface area contributed by atoms with Gasteiger partial charge >= 0.3 is 12.3 Å². The second-order valence-corrected chi connectivity index (χ2v) is 2.37. The molecule has 0 aromatic carbocycles. The van der Waals surface area contributed by atoms with E-state index in [4.69, 9.17) is 5.11 Å². The molecule has 0 rings (SSSR count). The number of carbonyl (C=O) groups excluding carboxylic acids is 1. The van der Waals surface area contributed by atoms with Crippen LogP contribution in [0.2, 0.25) is 0 Å². The van der Waals surface area contributed by atoms with E-state index in [1.54, 1.807) is 0 Å². The predicted molar refractivity (Wildman–Crippen MR) is 35.7 cm³/mol. The molecular weight excluding hydrogens is 194 g/mol. The maximum atomic E-state index is 12.3. The number of carbonyl (C=O) groups is 1. The maximum Gasteiger partial charge on any atom is 0.383 e. The van der Waals surface area contributed by atoms with Gasteiger partial charge in [-0.15, -0.1) is 0 Å². The van der Waals surface area contributed by atoms with E-state index < -0.39 is 31.4 Å². The summed E-state index contributed by atoms with van der Waals surface area (Å²) in [5, 5.41) is 8.26. The first-order valence-electron chi connectivity index (χ1n) is 3.36. The number of aliphatic hydroxyl groups excluding tert-OH is 1. The van der Waals surface area contributed by atoms with Crippen molar-refractivity contribution < 1.29 is 27.5 Å². The van der Waals surface area contributed by atoms with Crippen LogP contribution in [0.4, 0.5) is 17.6 Å². The third-order valence-corrected chi connectivity index (χ3v) is 1.34. The molecule has 1 amide bonds. The van der Waals surface area contributed by atoms with Gasteiger partial charge in [0.05, 0.1) is 6.61 Å². The smallest absolute Gasteiger partial charge is 0.383 e. The molecule has 0 fully saturated rings. The zero-order valence-corrected chi connectivity index (χ0v) is 6.81. The molecule has 0 saturated carbocycles. The van der Waals surface area contributed by atoms with Gasteiger partial charge in [-0.2, -0.15) is 8.78 Å². The fourth-order valence-corrected chi connectivity index (χ4v) is 0.599. The molecule has 0 aliphatic heterocycles. The number of hydrogen-bond acceptors (Lipinski definition) is 2. The molecule has 0 radical (unpaired) electrons. The van der Waals surface area contributed by atoms with E-state index in [0.717, 1.165) is 7.05 Å². The van der Waals surface area contributed by atoms with Crippen LogP contribution in [0, 0.1) is 0 Å². The standard InChI is InChI=1S/C6H9F4NO2/c1-11(2-3-12)5(13)6(9,10)4(7)8/h4,12H,2-3H2,1H3. The average Bonchev–Trinajstić information content (AvgIpc) is 2.03. The average molecular weight is 203 g/mol. The number of likely N-dealkylation sites (N-methyl/N-ethyl adjacent to an activating group) is 1. The highest BCUT2D eigenvalue weighted by Gasteiger charge is 2.50. The molecule has 0 saturated heterocycles. The van der Waals surface area contributed by atoms with Gasteiger partial charge in [-0.3, -0.25) is 4.79 Å². The molecule has 0 aliphatic rings. The number of alkyl halides is 4. The minimum atomic E-state index is -4.68. The van der Waals surface area contributed by atoms with Gasteiger partial charge < -0.3 is 10.0 Å². The summed E-state index contributed by atoms with van der Waals surface area (Å²) in [6.07, 6.45) is -4.03. The fourth-order valence-electron chi connectivity index (χ4n) is 0.599. The Bertz CT molecular complexity index is 185. The summed E-state index contributed by atoms with van der Waals surface area (Å²) in [7, 11) is 0.912. The van der Waals surface area contributed by atoms with Crippen LogP contribution in [0.25, 0.3) is 0 Å². The first kappa shape index (κ1) is 12.2. The molecule has 0 bridgehead atoms. The van der Waals surface area contributed by atoms with Crippen LogP contribution in [-0.4, -0.2) is 48.5 Å². The van der Waals surface area contributed by atoms with Gasteiger partial charge in [0.1, 0.15) is 0 Å². The summed E-state index contributed by atoms with van der Waals surface area (Å²) in [6, 6.07) is 0. The van der Waals surface area contributed by atoms with Crippen LogP contribution in [-0.2, 0) is 4.79 Å². The number of aliphatic hydroxyl groups is 1. The lowest BCUT2D eigenvalue weighted by Crippen LogP contribution is -2.46. The zero-order chi connectivity index (χ0) is 10.6. The van der Waals surface area contributed by atoms with Crippen molar-refractivity contribution in [2.24, 2.45) is 0 Å². The molecule has 0 heterocycles. The molecule has 0 aromatic rings. The van der Waals surface area contributed by atoms with Crippen LogP contribution in [0.15, 0.2) is 0 Å². The van der Waals surface area contributed by atoms with E-state index in [-0.39, 0.29) is 0 Å². The maximum absolute atomic E-state index is 12.3. The molecule has 7 heteroatoms. The summed E-state index contributed by atoms with van der Waals surface area (Å²) >= 11 is 0. The van der Waals surface area contributed by atoms with Crippen molar-refractivity contribution in [3.63, 3.8) is 0 Å². The second-order valence-electron chi connectivity index (χ2n) is 2.37. The minimum Gasteiger partial charge on any atom is -0.395 e. The Hall–Kier alpha value is -0.850. The fraction of sp³-hybridized carbons (Fsp3) is 0.833. The van der Waals surface area contributed by atoms with E-state index >= 15 is 0 Å². The van der Waals surface area contributed by atoms with Crippen molar-refractivity contribution in [2.75, 3.05) is 20.2 Å². The monoisotopic (exact) mass is 203 g/mol. The molecule has 78 valence electrons. The van der Waals surface area contributed by atoms with Crippen molar-refractivity contribution in [1.29, 1.82) is 0 Å². The van der Waals surface area contributed by atoms with Gasteiger partial charge in [0, 0.05) is 13.6 Å². The Labute approximate surface area is 71.9 Å². The number of nitrogens with zero attached hydrogens (tertiary/aromatic N) is 1. The summed E-state index contributed by atoms with van der Waals surface area (Å²) in [6.45, 7) is -0.956. The quantitative estimate of drug-likeness (QED) is 0.669. The molecule has 1 N–H and O–H groups in total. The van der Waals surface area contributed by atoms with Gasteiger partial charge in [0.25, 0.3) is 5.91 Å². The van der Waals surface area contributed by atoms with Crippen LogP contribution in [0.1, 0.15) is 0 Å². The lowest BCUT2D eigenvalue weighted by atomic mass is 10.3. The summed E-state index contributed by atoms with van der Waals surface area (Å²) < 4.78 is 47.8. The Balaban J connectivity index is 4.40. The number of rotatable bonds is 4. The van der Waals surface area contributed by atoms with Crippen molar-refractivity contribution in [3.05, 3.63) is 0 Å². The first-order valence-corrected chi connectivity index (χ1v) is 3.36. The first-order chi connectivity index (χ1) is 5.84. The second kappa shape index (κ2) is 4.40. The summed E-state index contributed by atoms with van der Waals surface area (Å²) in [5.74, 6) is -6.67. The molecule has 0 spiro atoms. The number of halogens is 4. The Morgan fingerprint density at radius 2 is 2.00 bits per heavy atom.